The maximum Gasteiger partial charge on any atom is 0.338 e. The second-order valence-electron chi connectivity index (χ2n) is 5.50. The van der Waals surface area contributed by atoms with Crippen molar-refractivity contribution in [2.45, 2.75) is 12.3 Å². The van der Waals surface area contributed by atoms with Crippen molar-refractivity contribution in [1.82, 2.24) is 5.06 Å². The Balaban J connectivity index is 1.76. The van der Waals surface area contributed by atoms with E-state index < -0.39 is 6.03 Å². The van der Waals surface area contributed by atoms with Crippen molar-refractivity contribution in [1.29, 1.82) is 0 Å². The van der Waals surface area contributed by atoms with Gasteiger partial charge in [-0.3, -0.25) is 5.21 Å². The summed E-state index contributed by atoms with van der Waals surface area (Å²) in [5, 5.41) is 12.3. The molecule has 2 aromatic rings. The number of carbonyl (C=O) groups excluding carboxylic acids is 1. The number of hydroxylamine groups is 2. The zero-order valence-corrected chi connectivity index (χ0v) is 11.8. The first-order chi connectivity index (χ1) is 10.1. The van der Waals surface area contributed by atoms with Crippen LogP contribution < -0.4 is 10.5 Å². The molecule has 1 aliphatic carbocycles. The lowest BCUT2D eigenvalue weighted by Crippen LogP contribution is -2.34. The van der Waals surface area contributed by atoms with Crippen LogP contribution in [0.4, 0.5) is 4.79 Å². The lowest BCUT2D eigenvalue weighted by molar-refractivity contribution is -0.0431. The zero-order valence-electron chi connectivity index (χ0n) is 11.8. The number of ether oxygens (including phenoxy) is 1. The van der Waals surface area contributed by atoms with Crippen LogP contribution in [0.5, 0.6) is 5.75 Å². The molecular weight excluding hydrogens is 268 g/mol. The molecule has 0 radical (unpaired) electrons. The quantitative estimate of drug-likeness (QED) is 0.670. The molecule has 2 unspecified atom stereocenters. The molecule has 21 heavy (non-hydrogen) atoms. The molecule has 1 fully saturated rings. The Bertz CT molecular complexity index is 686. The van der Waals surface area contributed by atoms with Crippen LogP contribution in [0, 0.1) is 5.92 Å². The van der Waals surface area contributed by atoms with Gasteiger partial charge in [0.2, 0.25) is 0 Å². The molecule has 2 amide bonds. The van der Waals surface area contributed by atoms with Crippen molar-refractivity contribution < 1.29 is 14.7 Å². The number of nitrogens with two attached hydrogens (primary N) is 1. The molecule has 0 aliphatic heterocycles. The topological polar surface area (TPSA) is 75.8 Å². The lowest BCUT2D eigenvalue weighted by atomic mass is 10.0. The third-order valence-electron chi connectivity index (χ3n) is 4.08. The number of benzene rings is 2. The molecule has 1 aliphatic rings. The number of rotatable bonds is 4. The minimum atomic E-state index is -0.800. The summed E-state index contributed by atoms with van der Waals surface area (Å²) in [6.45, 7) is 0.292. The Morgan fingerprint density at radius 3 is 2.76 bits per heavy atom. The molecule has 0 bridgehead atoms. The second-order valence-corrected chi connectivity index (χ2v) is 5.50. The normalized spacial score (nSPS) is 20.3. The van der Waals surface area contributed by atoms with Crippen LogP contribution in [0.15, 0.2) is 36.4 Å². The minimum Gasteiger partial charge on any atom is -0.497 e. The molecule has 2 atom stereocenters. The molecule has 3 N–H and O–H groups in total. The standard InChI is InChI=1S/C16H18N2O3/c1-21-14-5-4-10-6-12(3-2-11(10)7-14)15-8-13(15)9-18(20)16(17)19/h2-7,13,15,20H,8-9H2,1H3,(H2,17,19). The van der Waals surface area contributed by atoms with Crippen molar-refractivity contribution in [3.8, 4) is 5.75 Å². The third kappa shape index (κ3) is 2.78. The van der Waals surface area contributed by atoms with E-state index in [1.54, 1.807) is 7.11 Å². The van der Waals surface area contributed by atoms with Crippen LogP contribution in [0.1, 0.15) is 17.9 Å². The van der Waals surface area contributed by atoms with Gasteiger partial charge in [-0.2, -0.15) is 0 Å². The molecule has 0 spiro atoms. The SMILES string of the molecule is COc1ccc2cc(C3CC3CN(O)C(N)=O)ccc2c1. The Hall–Kier alpha value is -2.27. The molecule has 0 saturated heterocycles. The first-order valence-corrected chi connectivity index (χ1v) is 6.92. The average molecular weight is 286 g/mol. The molecule has 5 nitrogen and oxygen atoms in total. The van der Waals surface area contributed by atoms with E-state index in [0.717, 1.165) is 22.9 Å². The van der Waals surface area contributed by atoms with Gasteiger partial charge >= 0.3 is 6.03 Å². The van der Waals surface area contributed by atoms with Crippen LogP contribution >= 0.6 is 0 Å². The summed E-state index contributed by atoms with van der Waals surface area (Å²) in [6.07, 6.45) is 0.964. The van der Waals surface area contributed by atoms with Gasteiger partial charge in [-0.15, -0.1) is 0 Å². The number of carbonyl (C=O) groups is 1. The summed E-state index contributed by atoms with van der Waals surface area (Å²) in [5.41, 5.74) is 6.26. The van der Waals surface area contributed by atoms with Crippen LogP contribution in [0.25, 0.3) is 10.8 Å². The van der Waals surface area contributed by atoms with E-state index in [-0.39, 0.29) is 5.92 Å². The Morgan fingerprint density at radius 1 is 1.33 bits per heavy atom. The molecular formula is C16H18N2O3. The minimum absolute atomic E-state index is 0.276. The van der Waals surface area contributed by atoms with Gasteiger partial charge in [-0.1, -0.05) is 24.3 Å². The highest BCUT2D eigenvalue weighted by Crippen LogP contribution is 2.48. The molecule has 110 valence electrons. The summed E-state index contributed by atoms with van der Waals surface area (Å²) in [5.74, 6) is 1.50. The highest BCUT2D eigenvalue weighted by molar-refractivity contribution is 5.84. The molecule has 5 heteroatoms. The average Bonchev–Trinajstić information content (AvgIpc) is 3.25. The number of nitrogens with zero attached hydrogens (tertiary/aromatic N) is 1. The van der Waals surface area contributed by atoms with Gasteiger partial charge in [0.05, 0.1) is 13.7 Å². The summed E-state index contributed by atoms with van der Waals surface area (Å²) in [4.78, 5) is 10.8. The largest absolute Gasteiger partial charge is 0.497 e. The van der Waals surface area contributed by atoms with Gasteiger partial charge in [0.15, 0.2) is 0 Å². The Morgan fingerprint density at radius 2 is 2.05 bits per heavy atom. The summed E-state index contributed by atoms with van der Waals surface area (Å²) in [7, 11) is 1.66. The van der Waals surface area contributed by atoms with Gasteiger partial charge in [0.25, 0.3) is 0 Å². The molecule has 2 aromatic carbocycles. The third-order valence-corrected chi connectivity index (χ3v) is 4.08. The maximum absolute atomic E-state index is 10.8. The second kappa shape index (κ2) is 5.26. The van der Waals surface area contributed by atoms with E-state index in [4.69, 9.17) is 10.5 Å². The first-order valence-electron chi connectivity index (χ1n) is 6.92. The fourth-order valence-corrected chi connectivity index (χ4v) is 2.77. The highest BCUT2D eigenvalue weighted by Gasteiger charge is 2.39. The highest BCUT2D eigenvalue weighted by atomic mass is 16.5. The van der Waals surface area contributed by atoms with Gasteiger partial charge < -0.3 is 10.5 Å². The maximum atomic E-state index is 10.8. The number of fused-ring (bicyclic) bond motifs is 1. The summed E-state index contributed by atoms with van der Waals surface area (Å²) < 4.78 is 5.22. The first kappa shape index (κ1) is 13.7. The van der Waals surface area contributed by atoms with Crippen LogP contribution in [-0.4, -0.2) is 30.0 Å². The van der Waals surface area contributed by atoms with Crippen molar-refractivity contribution in [2.75, 3.05) is 13.7 Å². The molecule has 0 aromatic heterocycles. The summed E-state index contributed by atoms with van der Waals surface area (Å²) >= 11 is 0. The fourth-order valence-electron chi connectivity index (χ4n) is 2.77. The van der Waals surface area contributed by atoms with Crippen LogP contribution in [0.2, 0.25) is 0 Å². The zero-order chi connectivity index (χ0) is 15.0. The smallest absolute Gasteiger partial charge is 0.338 e. The van der Waals surface area contributed by atoms with E-state index in [1.165, 1.54) is 5.56 Å². The van der Waals surface area contributed by atoms with Crippen LogP contribution in [0.3, 0.4) is 0 Å². The van der Waals surface area contributed by atoms with Crippen molar-refractivity contribution in [2.24, 2.45) is 11.7 Å². The number of methoxy groups -OCH3 is 1. The summed E-state index contributed by atoms with van der Waals surface area (Å²) in [6, 6.07) is 11.5. The van der Waals surface area contributed by atoms with E-state index in [9.17, 15) is 10.0 Å². The predicted molar refractivity (Wildman–Crippen MR) is 79.4 cm³/mol. The number of primary amides is 1. The van der Waals surface area contributed by atoms with Gasteiger partial charge in [0, 0.05) is 0 Å². The van der Waals surface area contributed by atoms with Crippen molar-refractivity contribution in [3.63, 3.8) is 0 Å². The molecule has 1 saturated carbocycles. The van der Waals surface area contributed by atoms with Crippen molar-refractivity contribution >= 4 is 16.8 Å². The number of hydrogen-bond acceptors (Lipinski definition) is 3. The number of amides is 2. The lowest BCUT2D eigenvalue weighted by Gasteiger charge is -2.11. The van der Waals surface area contributed by atoms with E-state index >= 15 is 0 Å². The molecule has 0 heterocycles. The van der Waals surface area contributed by atoms with E-state index in [0.29, 0.717) is 17.5 Å². The Kier molecular flexibility index (Phi) is 3.43. The van der Waals surface area contributed by atoms with Crippen LogP contribution in [-0.2, 0) is 0 Å². The molecule has 3 rings (SSSR count). The van der Waals surface area contributed by atoms with Crippen molar-refractivity contribution in [3.05, 3.63) is 42.0 Å². The van der Waals surface area contributed by atoms with E-state index in [2.05, 4.69) is 18.2 Å². The van der Waals surface area contributed by atoms with Gasteiger partial charge in [-0.25, -0.2) is 9.86 Å². The number of hydrogen-bond donors (Lipinski definition) is 2. The fraction of sp³-hybridized carbons (Fsp3) is 0.312. The Labute approximate surface area is 122 Å². The van der Waals surface area contributed by atoms with Gasteiger partial charge in [0.1, 0.15) is 5.75 Å². The van der Waals surface area contributed by atoms with E-state index in [1.807, 2.05) is 18.2 Å². The van der Waals surface area contributed by atoms with Gasteiger partial charge in [-0.05, 0) is 46.7 Å². The monoisotopic (exact) mass is 286 g/mol. The number of urea groups is 1. The predicted octanol–water partition coefficient (Wildman–Crippen LogP) is 2.72.